The molecule has 1 saturated heterocycles. The zero-order valence-electron chi connectivity index (χ0n) is 15.6. The van der Waals surface area contributed by atoms with Gasteiger partial charge in [0.2, 0.25) is 11.4 Å². The zero-order valence-corrected chi connectivity index (χ0v) is 17.3. The van der Waals surface area contributed by atoms with Crippen molar-refractivity contribution in [1.29, 1.82) is 0 Å². The predicted octanol–water partition coefficient (Wildman–Crippen LogP) is -0.620. The first-order chi connectivity index (χ1) is 14.2. The summed E-state index contributed by atoms with van der Waals surface area (Å²) in [6, 6.07) is 8.54. The number of aliphatic imine (C=N–C) groups is 3. The molecule has 3 heterocycles. The molecule has 0 amide bonds. The number of benzene rings is 1. The van der Waals surface area contributed by atoms with Crippen LogP contribution in [0.5, 0.6) is 0 Å². The van der Waals surface area contributed by atoms with E-state index in [9.17, 15) is 19.7 Å². The summed E-state index contributed by atoms with van der Waals surface area (Å²) < 4.78 is 10.9. The molecular weight excluding hydrogens is 433 g/mol. The van der Waals surface area contributed by atoms with Crippen LogP contribution in [0.25, 0.3) is 0 Å². The summed E-state index contributed by atoms with van der Waals surface area (Å²) in [5, 5.41) is 9.56. The van der Waals surface area contributed by atoms with Crippen LogP contribution < -0.4 is 5.73 Å². The molecular formula is C17H20N5O6PS. The number of hydrogen-bond acceptors (Lipinski definition) is 10. The Balaban J connectivity index is 1.55. The second kappa shape index (κ2) is 7.98. The van der Waals surface area contributed by atoms with E-state index in [2.05, 4.69) is 26.8 Å². The Kier molecular flexibility index (Phi) is 5.68. The fraction of sp³-hybridized carbons (Fsp3) is 0.412. The van der Waals surface area contributed by atoms with Gasteiger partial charge in [-0.2, -0.15) is 0 Å². The van der Waals surface area contributed by atoms with E-state index < -0.39 is 43.2 Å². The Bertz CT molecular complexity index is 982. The largest absolute Gasteiger partial charge is 0.394 e. The standard InChI is InChI=1S/C17H20N5O6PS/c18-17(15(24)10-4-2-1-3-5-10)14-16(19-8-21-17)22(9-20-14)13-6-11(12(7-23)27-13)28-29(25,26)30/h1-5,8,11-13,23H,6-7,9,18H2,(H2,25,26,30)/t11-,12+,13+,17?/m0/s1. The van der Waals surface area contributed by atoms with Crippen molar-refractivity contribution in [2.75, 3.05) is 13.3 Å². The molecule has 3 aliphatic heterocycles. The first kappa shape index (κ1) is 21.3. The van der Waals surface area contributed by atoms with Crippen molar-refractivity contribution < 1.29 is 28.9 Å². The summed E-state index contributed by atoms with van der Waals surface area (Å²) in [6.07, 6.45) is -0.908. The lowest BCUT2D eigenvalue weighted by Crippen LogP contribution is -2.59. The highest BCUT2D eigenvalue weighted by molar-refractivity contribution is 8.06. The van der Waals surface area contributed by atoms with Crippen molar-refractivity contribution in [2.24, 2.45) is 20.7 Å². The number of carbonyl (C=O) groups is 1. The van der Waals surface area contributed by atoms with Gasteiger partial charge in [0.1, 0.15) is 31.1 Å². The maximum atomic E-state index is 13.1. The van der Waals surface area contributed by atoms with E-state index in [1.54, 1.807) is 35.2 Å². The third-order valence-electron chi connectivity index (χ3n) is 5.03. The highest BCUT2D eigenvalue weighted by atomic mass is 32.5. The van der Waals surface area contributed by atoms with Gasteiger partial charge in [0.25, 0.3) is 0 Å². The van der Waals surface area contributed by atoms with Gasteiger partial charge in [-0.1, -0.05) is 30.3 Å². The van der Waals surface area contributed by atoms with Crippen LogP contribution in [-0.2, 0) is 21.1 Å². The first-order valence-corrected chi connectivity index (χ1v) is 11.7. The van der Waals surface area contributed by atoms with Gasteiger partial charge in [-0.05, 0) is 11.8 Å². The molecule has 0 aliphatic carbocycles. The number of aliphatic hydroxyl groups excluding tert-OH is 1. The predicted molar refractivity (Wildman–Crippen MR) is 112 cm³/mol. The third kappa shape index (κ3) is 3.88. The number of fused-ring (bicyclic) bond motifs is 1. The van der Waals surface area contributed by atoms with Crippen molar-refractivity contribution in [2.45, 2.75) is 30.5 Å². The van der Waals surface area contributed by atoms with Crippen molar-refractivity contribution in [3.63, 3.8) is 0 Å². The molecule has 0 bridgehead atoms. The van der Waals surface area contributed by atoms with E-state index in [4.69, 9.17) is 15.0 Å². The lowest BCUT2D eigenvalue weighted by atomic mass is 9.93. The third-order valence-corrected chi connectivity index (χ3v) is 5.83. The van der Waals surface area contributed by atoms with Crippen molar-refractivity contribution >= 4 is 42.2 Å². The molecule has 0 aromatic heterocycles. The first-order valence-electron chi connectivity index (χ1n) is 9.05. The molecule has 1 aromatic rings. The smallest absolute Gasteiger partial charge is 0.322 e. The molecule has 4 rings (SSSR count). The minimum absolute atomic E-state index is 0.0977. The van der Waals surface area contributed by atoms with Gasteiger partial charge in [0, 0.05) is 12.0 Å². The maximum Gasteiger partial charge on any atom is 0.322 e. The van der Waals surface area contributed by atoms with Gasteiger partial charge in [-0.25, -0.2) is 9.98 Å². The van der Waals surface area contributed by atoms with Crippen LogP contribution in [-0.4, -0.2) is 80.8 Å². The summed E-state index contributed by atoms with van der Waals surface area (Å²) in [7, 11) is 0. The Morgan fingerprint density at radius 3 is 2.80 bits per heavy atom. The normalized spacial score (nSPS) is 30.8. The fourth-order valence-corrected chi connectivity index (χ4v) is 4.54. The molecule has 3 aliphatic rings. The molecule has 13 heteroatoms. The number of Topliss-reactive ketones (excluding diaryl/α,β-unsaturated/α-hetero) is 1. The van der Waals surface area contributed by atoms with Crippen molar-refractivity contribution in [3.8, 4) is 0 Å². The molecule has 0 spiro atoms. The van der Waals surface area contributed by atoms with E-state index in [1.807, 2.05) is 0 Å². The molecule has 0 saturated carbocycles. The molecule has 30 heavy (non-hydrogen) atoms. The number of hydrogen-bond donors (Lipinski definition) is 4. The number of amidine groups is 1. The molecule has 4 atom stereocenters. The van der Waals surface area contributed by atoms with Crippen LogP contribution in [0.1, 0.15) is 16.8 Å². The Morgan fingerprint density at radius 1 is 1.40 bits per heavy atom. The van der Waals surface area contributed by atoms with E-state index in [1.165, 1.54) is 6.34 Å². The zero-order chi connectivity index (χ0) is 21.5. The Labute approximate surface area is 176 Å². The lowest BCUT2D eigenvalue weighted by molar-refractivity contribution is -0.0540. The molecule has 0 radical (unpaired) electrons. The van der Waals surface area contributed by atoms with Crippen LogP contribution >= 0.6 is 6.72 Å². The number of ether oxygens (including phenoxy) is 1. The van der Waals surface area contributed by atoms with Gasteiger partial charge in [0.15, 0.2) is 5.84 Å². The van der Waals surface area contributed by atoms with Gasteiger partial charge in [-0.15, -0.1) is 0 Å². The molecule has 5 N–H and O–H groups in total. The van der Waals surface area contributed by atoms with E-state index in [0.29, 0.717) is 11.4 Å². The van der Waals surface area contributed by atoms with Crippen LogP contribution in [0, 0.1) is 0 Å². The molecule has 1 fully saturated rings. The van der Waals surface area contributed by atoms with Crippen LogP contribution in [0.2, 0.25) is 0 Å². The second-order valence-electron chi connectivity index (χ2n) is 6.96. The van der Waals surface area contributed by atoms with E-state index in [0.717, 1.165) is 0 Å². The number of carbonyl (C=O) groups excluding carboxylic acids is 1. The lowest BCUT2D eigenvalue weighted by Gasteiger charge is -2.30. The summed E-state index contributed by atoms with van der Waals surface area (Å²) in [6.45, 7) is -4.25. The van der Waals surface area contributed by atoms with Crippen LogP contribution in [0.15, 0.2) is 45.3 Å². The van der Waals surface area contributed by atoms with Gasteiger partial charge in [-0.3, -0.25) is 15.5 Å². The number of ketones is 1. The average Bonchev–Trinajstić information content (AvgIpc) is 3.31. The fourth-order valence-electron chi connectivity index (χ4n) is 3.63. The maximum absolute atomic E-state index is 13.1. The highest BCUT2D eigenvalue weighted by Crippen LogP contribution is 2.43. The van der Waals surface area contributed by atoms with Crippen LogP contribution in [0.4, 0.5) is 0 Å². The molecule has 11 nitrogen and oxygen atoms in total. The van der Waals surface area contributed by atoms with Crippen molar-refractivity contribution in [1.82, 2.24) is 4.90 Å². The quantitative estimate of drug-likeness (QED) is 0.325. The summed E-state index contributed by atoms with van der Waals surface area (Å²) in [5.41, 5.74) is 5.25. The average molecular weight is 453 g/mol. The van der Waals surface area contributed by atoms with Crippen LogP contribution in [0.3, 0.4) is 0 Å². The summed E-state index contributed by atoms with van der Waals surface area (Å²) in [5.74, 6) is -0.0954. The monoisotopic (exact) mass is 453 g/mol. The second-order valence-corrected chi connectivity index (χ2v) is 9.58. The molecule has 1 aromatic carbocycles. The minimum atomic E-state index is -3.94. The molecule has 1 unspecified atom stereocenters. The van der Waals surface area contributed by atoms with E-state index >= 15 is 0 Å². The van der Waals surface area contributed by atoms with Gasteiger partial charge < -0.3 is 29.1 Å². The number of aliphatic hydroxyl groups is 1. The Hall–Kier alpha value is -1.89. The minimum Gasteiger partial charge on any atom is -0.394 e. The van der Waals surface area contributed by atoms with Gasteiger partial charge >= 0.3 is 6.72 Å². The summed E-state index contributed by atoms with van der Waals surface area (Å²) >= 11 is 4.53. The van der Waals surface area contributed by atoms with E-state index in [-0.39, 0.29) is 18.8 Å². The highest BCUT2D eigenvalue weighted by Gasteiger charge is 2.50. The number of rotatable bonds is 6. The number of nitrogens with two attached hydrogens (primary N) is 1. The van der Waals surface area contributed by atoms with Crippen molar-refractivity contribution in [3.05, 3.63) is 35.9 Å². The summed E-state index contributed by atoms with van der Waals surface area (Å²) in [4.78, 5) is 46.4. The Morgan fingerprint density at radius 2 is 2.13 bits per heavy atom. The topological polar surface area (TPSA) is 163 Å². The SMILES string of the molecule is NC1(C(=O)c2ccccc2)N=CN=C2C1=NCN2[C@H]1C[C@H](OP(O)(O)=S)[C@@H](CO)O1. The number of nitrogens with zero attached hydrogens (tertiary/aromatic N) is 4. The molecule has 160 valence electrons. The van der Waals surface area contributed by atoms with Gasteiger partial charge in [0.05, 0.1) is 12.7 Å².